The van der Waals surface area contributed by atoms with Crippen molar-refractivity contribution in [1.82, 2.24) is 0 Å². The molecule has 1 unspecified atom stereocenters. The van der Waals surface area contributed by atoms with E-state index < -0.39 is 6.10 Å². The van der Waals surface area contributed by atoms with Crippen molar-refractivity contribution >= 4 is 23.2 Å². The molecule has 1 aliphatic heterocycles. The highest BCUT2D eigenvalue weighted by Gasteiger charge is 2.28. The molecule has 130 valence electrons. The summed E-state index contributed by atoms with van der Waals surface area (Å²) in [6.07, 6.45) is 0.287. The molecule has 6 heteroatoms. The number of benzene rings is 2. The molecule has 0 spiro atoms. The van der Waals surface area contributed by atoms with E-state index in [2.05, 4.69) is 5.32 Å². The number of nitrogens with zero attached hydrogens (tertiary/aromatic N) is 1. The van der Waals surface area contributed by atoms with Crippen LogP contribution in [0.5, 0.6) is 5.75 Å². The van der Waals surface area contributed by atoms with Gasteiger partial charge < -0.3 is 15.0 Å². The predicted molar refractivity (Wildman–Crippen MR) is 93.3 cm³/mol. The molecule has 0 radical (unpaired) electrons. The number of hydrogen-bond acceptors (Lipinski definition) is 3. The minimum atomic E-state index is -0.520. The molecule has 2 amide bonds. The summed E-state index contributed by atoms with van der Waals surface area (Å²) < 4.78 is 18.4. The zero-order valence-electron chi connectivity index (χ0n) is 14.1. The smallest absolute Gasteiger partial charge is 0.267 e. The maximum Gasteiger partial charge on any atom is 0.267 e. The number of aryl methyl sites for hydroxylation is 1. The summed E-state index contributed by atoms with van der Waals surface area (Å²) in [4.78, 5) is 25.6. The van der Waals surface area contributed by atoms with Crippen LogP contribution in [0.3, 0.4) is 0 Å². The van der Waals surface area contributed by atoms with Crippen LogP contribution in [-0.2, 0) is 16.0 Å². The first-order chi connectivity index (χ1) is 11.9. The first-order valence-corrected chi connectivity index (χ1v) is 8.06. The van der Waals surface area contributed by atoms with Crippen molar-refractivity contribution in [2.45, 2.75) is 25.9 Å². The van der Waals surface area contributed by atoms with E-state index in [0.29, 0.717) is 23.5 Å². The molecule has 0 saturated carbocycles. The molecule has 25 heavy (non-hydrogen) atoms. The molecule has 0 aliphatic carbocycles. The number of rotatable bonds is 4. The first-order valence-electron chi connectivity index (χ1n) is 8.06. The number of ether oxygens (including phenoxy) is 1. The summed E-state index contributed by atoms with van der Waals surface area (Å²) in [6.45, 7) is 1.70. The lowest BCUT2D eigenvalue weighted by molar-refractivity contribution is -0.125. The maximum atomic E-state index is 12.9. The van der Waals surface area contributed by atoms with E-state index in [1.54, 1.807) is 44.3 Å². The second-order valence-electron chi connectivity index (χ2n) is 6.01. The number of nitrogens with one attached hydrogen (secondary N) is 1. The highest BCUT2D eigenvalue weighted by Crippen LogP contribution is 2.35. The van der Waals surface area contributed by atoms with Gasteiger partial charge in [-0.25, -0.2) is 4.39 Å². The highest BCUT2D eigenvalue weighted by atomic mass is 19.1. The Morgan fingerprint density at radius 1 is 1.24 bits per heavy atom. The normalized spacial score (nSPS) is 16.2. The molecule has 0 aromatic heterocycles. The third-order valence-electron chi connectivity index (χ3n) is 4.14. The summed E-state index contributed by atoms with van der Waals surface area (Å²) in [5.74, 6) is 0.0343. The Kier molecular flexibility index (Phi) is 4.70. The van der Waals surface area contributed by atoms with Gasteiger partial charge in [-0.3, -0.25) is 9.59 Å². The zero-order chi connectivity index (χ0) is 18.0. The number of anilines is 2. The lowest BCUT2D eigenvalue weighted by Crippen LogP contribution is -2.41. The highest BCUT2D eigenvalue weighted by molar-refractivity contribution is 6.00. The molecule has 1 N–H and O–H groups in total. The minimum absolute atomic E-state index is 0.132. The molecule has 0 fully saturated rings. The molecule has 2 aromatic carbocycles. The molecule has 0 saturated heterocycles. The Bertz CT molecular complexity index is 805. The van der Waals surface area contributed by atoms with Crippen LogP contribution in [0.15, 0.2) is 42.5 Å². The summed E-state index contributed by atoms with van der Waals surface area (Å²) in [6, 6.07) is 11.3. The van der Waals surface area contributed by atoms with Crippen molar-refractivity contribution in [1.29, 1.82) is 0 Å². The van der Waals surface area contributed by atoms with Gasteiger partial charge in [0.05, 0.1) is 5.69 Å². The number of likely N-dealkylation sites (N-methyl/N-ethyl adjacent to an activating group) is 1. The van der Waals surface area contributed by atoms with E-state index in [1.807, 2.05) is 0 Å². The van der Waals surface area contributed by atoms with Crippen molar-refractivity contribution < 1.29 is 18.7 Å². The topological polar surface area (TPSA) is 58.6 Å². The average molecular weight is 342 g/mol. The van der Waals surface area contributed by atoms with Crippen LogP contribution in [0.4, 0.5) is 15.8 Å². The van der Waals surface area contributed by atoms with Crippen LogP contribution in [-0.4, -0.2) is 25.0 Å². The Morgan fingerprint density at radius 3 is 2.68 bits per heavy atom. The van der Waals surface area contributed by atoms with E-state index in [9.17, 15) is 14.0 Å². The molecular weight excluding hydrogens is 323 g/mol. The first kappa shape index (κ1) is 17.0. The fourth-order valence-corrected chi connectivity index (χ4v) is 2.72. The van der Waals surface area contributed by atoms with E-state index in [0.717, 1.165) is 5.56 Å². The number of halogens is 1. The molecule has 2 aromatic rings. The number of amides is 2. The Balaban J connectivity index is 1.64. The van der Waals surface area contributed by atoms with Crippen molar-refractivity contribution in [2.24, 2.45) is 0 Å². The molecule has 0 bridgehead atoms. The lowest BCUT2D eigenvalue weighted by Gasteiger charge is -2.30. The quantitative estimate of drug-likeness (QED) is 0.929. The van der Waals surface area contributed by atoms with Crippen molar-refractivity contribution in [3.8, 4) is 5.75 Å². The van der Waals surface area contributed by atoms with Crippen molar-refractivity contribution in [3.63, 3.8) is 0 Å². The number of carbonyl (C=O) groups excluding carboxylic acids is 2. The number of carbonyl (C=O) groups is 2. The van der Waals surface area contributed by atoms with Crippen LogP contribution in [0.1, 0.15) is 18.9 Å². The van der Waals surface area contributed by atoms with E-state index in [-0.39, 0.29) is 24.1 Å². The van der Waals surface area contributed by atoms with Gasteiger partial charge in [-0.2, -0.15) is 0 Å². The molecule has 1 aliphatic rings. The van der Waals surface area contributed by atoms with Crippen LogP contribution in [0.25, 0.3) is 0 Å². The average Bonchev–Trinajstić information content (AvgIpc) is 2.60. The third kappa shape index (κ3) is 3.79. The summed E-state index contributed by atoms with van der Waals surface area (Å²) in [5.41, 5.74) is 2.12. The largest absolute Gasteiger partial charge is 0.479 e. The summed E-state index contributed by atoms with van der Waals surface area (Å²) in [7, 11) is 1.68. The summed E-state index contributed by atoms with van der Waals surface area (Å²) in [5, 5.41) is 2.81. The van der Waals surface area contributed by atoms with Crippen LogP contribution in [0.2, 0.25) is 0 Å². The zero-order valence-corrected chi connectivity index (χ0v) is 14.1. The third-order valence-corrected chi connectivity index (χ3v) is 4.14. The fourth-order valence-electron chi connectivity index (χ4n) is 2.72. The molecule has 5 nitrogen and oxygen atoms in total. The molecule has 1 atom stereocenters. The second-order valence-corrected chi connectivity index (χ2v) is 6.01. The number of hydrogen-bond donors (Lipinski definition) is 1. The molecular formula is C19H19FN2O3. The van der Waals surface area contributed by atoms with Crippen LogP contribution < -0.4 is 15.0 Å². The van der Waals surface area contributed by atoms with Gasteiger partial charge in [-0.1, -0.05) is 12.1 Å². The van der Waals surface area contributed by atoms with Gasteiger partial charge >= 0.3 is 0 Å². The predicted octanol–water partition coefficient (Wildman–Crippen LogP) is 3.14. The van der Waals surface area contributed by atoms with Gasteiger partial charge in [0.2, 0.25) is 5.91 Å². The van der Waals surface area contributed by atoms with Crippen LogP contribution >= 0.6 is 0 Å². The van der Waals surface area contributed by atoms with Gasteiger partial charge in [0, 0.05) is 19.2 Å². The van der Waals surface area contributed by atoms with E-state index >= 15 is 0 Å². The van der Waals surface area contributed by atoms with Gasteiger partial charge in [0.25, 0.3) is 5.91 Å². The van der Waals surface area contributed by atoms with Crippen LogP contribution in [0, 0.1) is 5.82 Å². The summed E-state index contributed by atoms with van der Waals surface area (Å²) >= 11 is 0. The van der Waals surface area contributed by atoms with Gasteiger partial charge in [-0.15, -0.1) is 0 Å². The Morgan fingerprint density at radius 2 is 1.96 bits per heavy atom. The Hall–Kier alpha value is -2.89. The number of fused-ring (bicyclic) bond motifs is 1. The molecule has 3 rings (SSSR count). The maximum absolute atomic E-state index is 12.9. The minimum Gasteiger partial charge on any atom is -0.479 e. The van der Waals surface area contributed by atoms with Gasteiger partial charge in [0.1, 0.15) is 11.6 Å². The van der Waals surface area contributed by atoms with Crippen molar-refractivity contribution in [3.05, 3.63) is 53.8 Å². The standard InChI is InChI=1S/C19H19FN2O3/c1-12-19(24)22(2)16-11-15(8-9-17(16)25-12)21-18(23)10-5-13-3-6-14(20)7-4-13/h3-4,6-9,11-12H,5,10H2,1-2H3,(H,21,23). The molecule has 1 heterocycles. The van der Waals surface area contributed by atoms with Gasteiger partial charge in [0.15, 0.2) is 6.10 Å². The lowest BCUT2D eigenvalue weighted by atomic mass is 10.1. The fraction of sp³-hybridized carbons (Fsp3) is 0.263. The monoisotopic (exact) mass is 342 g/mol. The van der Waals surface area contributed by atoms with E-state index in [1.165, 1.54) is 17.0 Å². The van der Waals surface area contributed by atoms with Crippen molar-refractivity contribution in [2.75, 3.05) is 17.3 Å². The Labute approximate surface area is 145 Å². The second kappa shape index (κ2) is 6.93. The van der Waals surface area contributed by atoms with E-state index in [4.69, 9.17) is 4.74 Å². The van der Waals surface area contributed by atoms with Gasteiger partial charge in [-0.05, 0) is 49.2 Å². The SMILES string of the molecule is CC1Oc2ccc(NC(=O)CCc3ccc(F)cc3)cc2N(C)C1=O.